The van der Waals surface area contributed by atoms with E-state index >= 15 is 0 Å². The lowest BCUT2D eigenvalue weighted by Crippen LogP contribution is -2.51. The normalized spacial score (nSPS) is 14.6. The van der Waals surface area contributed by atoms with Crippen LogP contribution >= 0.6 is 0 Å². The van der Waals surface area contributed by atoms with Crippen molar-refractivity contribution in [2.45, 2.75) is 74.9 Å². The number of aliphatic hydroxyl groups is 1. The molecule has 0 aliphatic heterocycles. The number of nitrogens with zero attached hydrogens (tertiary/aromatic N) is 1. The van der Waals surface area contributed by atoms with E-state index in [0.29, 0.717) is 24.9 Å². The summed E-state index contributed by atoms with van der Waals surface area (Å²) in [7, 11) is -3.81. The highest BCUT2D eigenvalue weighted by Crippen LogP contribution is 2.28. The number of amides is 2. The molecule has 1 heterocycles. The molecule has 13 nitrogen and oxygen atoms in total. The van der Waals surface area contributed by atoms with Crippen molar-refractivity contribution in [2.75, 3.05) is 18.5 Å². The van der Waals surface area contributed by atoms with Crippen LogP contribution in [-0.2, 0) is 35.6 Å². The van der Waals surface area contributed by atoms with Crippen molar-refractivity contribution in [1.82, 2.24) is 15.0 Å². The molecule has 2 amide bonds. The number of carbonyl (C=O) groups excluding carboxylic acids is 2. The van der Waals surface area contributed by atoms with Gasteiger partial charge in [-0.25, -0.2) is 17.9 Å². The number of aliphatic carboxylic acids is 2. The molecular weight excluding hydrogens is 721 g/mol. The highest BCUT2D eigenvalue weighted by Gasteiger charge is 2.38. The lowest BCUT2D eigenvalue weighted by molar-refractivity contribution is -0.192. The monoisotopic (exact) mass is 764 g/mol. The Labute approximate surface area is 305 Å². The summed E-state index contributed by atoms with van der Waals surface area (Å²) < 4.78 is 58.6. The fourth-order valence-corrected chi connectivity index (χ4v) is 6.86. The van der Waals surface area contributed by atoms with Crippen LogP contribution in [0.1, 0.15) is 56.9 Å². The van der Waals surface area contributed by atoms with E-state index in [2.05, 4.69) is 20.3 Å². The molecule has 0 spiro atoms. The predicted molar refractivity (Wildman–Crippen MR) is 188 cm³/mol. The van der Waals surface area contributed by atoms with Crippen molar-refractivity contribution >= 4 is 39.5 Å². The quantitative estimate of drug-likeness (QED) is 0.118. The molecule has 0 saturated heterocycles. The average molecular weight is 765 g/mol. The Morgan fingerprint density at radius 2 is 1.43 bits per heavy atom. The molecule has 53 heavy (non-hydrogen) atoms. The number of pyridine rings is 1. The van der Waals surface area contributed by atoms with Crippen molar-refractivity contribution in [3.8, 4) is 11.1 Å². The number of carboxylic acid groups (broad SMARTS) is 2. The summed E-state index contributed by atoms with van der Waals surface area (Å²) in [5.74, 6) is -5.64. The molecule has 288 valence electrons. The van der Waals surface area contributed by atoms with Crippen LogP contribution in [0.5, 0.6) is 0 Å². The van der Waals surface area contributed by atoms with Gasteiger partial charge < -0.3 is 26.0 Å². The topological polar surface area (TPSA) is 212 Å². The molecule has 4 rings (SSSR count). The van der Waals surface area contributed by atoms with E-state index in [9.17, 15) is 41.1 Å². The van der Waals surface area contributed by atoms with Crippen LogP contribution in [0.25, 0.3) is 11.1 Å². The molecule has 1 aromatic heterocycles. The van der Waals surface area contributed by atoms with Gasteiger partial charge in [0.25, 0.3) is 0 Å². The number of halogens is 3. The minimum Gasteiger partial charge on any atom is -0.481 e. The van der Waals surface area contributed by atoms with Gasteiger partial charge in [-0.15, -0.1) is 0 Å². The van der Waals surface area contributed by atoms with Crippen molar-refractivity contribution in [2.24, 2.45) is 11.8 Å². The van der Waals surface area contributed by atoms with Gasteiger partial charge in [0.1, 0.15) is 6.04 Å². The maximum Gasteiger partial charge on any atom is 0.490 e. The number of aryl methyl sites for hydroxylation is 1. The van der Waals surface area contributed by atoms with Crippen LogP contribution in [-0.4, -0.2) is 77.8 Å². The van der Waals surface area contributed by atoms with Gasteiger partial charge in [0.05, 0.1) is 17.9 Å². The lowest BCUT2D eigenvalue weighted by atomic mass is 9.83. The summed E-state index contributed by atoms with van der Waals surface area (Å²) in [4.78, 5) is 51.7. The summed E-state index contributed by atoms with van der Waals surface area (Å²) in [6.45, 7) is -0.455. The first-order valence-corrected chi connectivity index (χ1v) is 18.4. The fraction of sp³-hybridized carbons (Fsp3) is 0.417. The third-order valence-electron chi connectivity index (χ3n) is 8.56. The first kappa shape index (κ1) is 42.5. The molecule has 2 atom stereocenters. The van der Waals surface area contributed by atoms with E-state index < -0.39 is 51.9 Å². The van der Waals surface area contributed by atoms with Crippen molar-refractivity contribution in [3.05, 3.63) is 78.6 Å². The molecular formula is C36H43F3N4O9S. The Balaban J connectivity index is 0.000000980. The van der Waals surface area contributed by atoms with Crippen molar-refractivity contribution in [1.29, 1.82) is 0 Å². The first-order chi connectivity index (χ1) is 25.1. The molecule has 2 unspecified atom stereocenters. The van der Waals surface area contributed by atoms with Gasteiger partial charge >= 0.3 is 18.1 Å². The zero-order valence-corrected chi connectivity index (χ0v) is 29.5. The maximum atomic E-state index is 13.5. The van der Waals surface area contributed by atoms with E-state index in [1.165, 1.54) is 24.3 Å². The van der Waals surface area contributed by atoms with E-state index in [0.717, 1.165) is 48.8 Å². The zero-order valence-electron chi connectivity index (χ0n) is 28.7. The minimum atomic E-state index is -5.08. The van der Waals surface area contributed by atoms with Crippen LogP contribution < -0.4 is 15.4 Å². The number of alkyl halides is 3. The van der Waals surface area contributed by atoms with E-state index in [1.807, 2.05) is 36.4 Å². The first-order valence-electron chi connectivity index (χ1n) is 16.9. The molecule has 2 aromatic carbocycles. The maximum absolute atomic E-state index is 13.5. The van der Waals surface area contributed by atoms with Crippen LogP contribution in [0.4, 0.5) is 18.9 Å². The van der Waals surface area contributed by atoms with Gasteiger partial charge in [0, 0.05) is 30.5 Å². The third kappa shape index (κ3) is 14.2. The summed E-state index contributed by atoms with van der Waals surface area (Å²) in [6, 6.07) is 16.7. The smallest absolute Gasteiger partial charge is 0.481 e. The zero-order chi connectivity index (χ0) is 39.0. The van der Waals surface area contributed by atoms with Crippen molar-refractivity contribution in [3.63, 3.8) is 0 Å². The third-order valence-corrected chi connectivity index (χ3v) is 10.0. The van der Waals surface area contributed by atoms with Gasteiger partial charge in [0.2, 0.25) is 21.8 Å². The number of hydrogen-bond donors (Lipinski definition) is 6. The fourth-order valence-electron chi connectivity index (χ4n) is 5.83. The Kier molecular flexibility index (Phi) is 16.4. The van der Waals surface area contributed by atoms with E-state index in [1.54, 1.807) is 12.4 Å². The van der Waals surface area contributed by atoms with Gasteiger partial charge in [-0.1, -0.05) is 43.5 Å². The molecule has 3 aromatic rings. The highest BCUT2D eigenvalue weighted by molar-refractivity contribution is 7.89. The molecule has 1 aliphatic rings. The summed E-state index contributed by atoms with van der Waals surface area (Å²) >= 11 is 0. The second-order valence-corrected chi connectivity index (χ2v) is 14.2. The Hall–Kier alpha value is -4.87. The van der Waals surface area contributed by atoms with Crippen LogP contribution in [0.15, 0.2) is 78.0 Å². The van der Waals surface area contributed by atoms with E-state index in [-0.39, 0.29) is 30.4 Å². The molecule has 0 radical (unpaired) electrons. The second kappa shape index (κ2) is 20.4. The number of carboxylic acids is 2. The van der Waals surface area contributed by atoms with Gasteiger partial charge in [-0.2, -0.15) is 13.2 Å². The van der Waals surface area contributed by atoms with Crippen LogP contribution in [0.2, 0.25) is 0 Å². The highest BCUT2D eigenvalue weighted by atomic mass is 32.2. The van der Waals surface area contributed by atoms with Gasteiger partial charge in [-0.05, 0) is 91.1 Å². The van der Waals surface area contributed by atoms with Crippen molar-refractivity contribution < 1.29 is 56.1 Å². The summed E-state index contributed by atoms with van der Waals surface area (Å²) in [5.41, 5.74) is 3.57. The standard InChI is InChI=1S/C34H42N4O7S.C2HF3O2/c39-22-21-36-46(44,45)30-15-13-29(14-16-30)37-34(43)32(27-6-2-1-3-7-27)38-33(42)28(23-31(40)41)8-4-5-24-9-11-25(12-10-24)26-17-19-35-20-18-26;3-2(4,5)1(6)7/h9-20,27-28,32,36,39H,1-8,21-23H2,(H,37,43)(H,38,42)(H,40,41);(H,6,7). The predicted octanol–water partition coefficient (Wildman–Crippen LogP) is 4.77. The molecule has 17 heteroatoms. The number of benzene rings is 2. The van der Waals surface area contributed by atoms with Crippen LogP contribution in [0.3, 0.4) is 0 Å². The number of carbonyl (C=O) groups is 4. The molecule has 0 bridgehead atoms. The number of nitrogens with one attached hydrogen (secondary N) is 3. The molecule has 1 saturated carbocycles. The number of anilines is 1. The van der Waals surface area contributed by atoms with Gasteiger partial charge in [-0.3, -0.25) is 19.4 Å². The number of hydrogen-bond acceptors (Lipinski definition) is 8. The number of sulfonamides is 1. The van der Waals surface area contributed by atoms with Gasteiger partial charge in [0.15, 0.2) is 0 Å². The minimum absolute atomic E-state index is 0.0164. The number of aromatic nitrogens is 1. The Morgan fingerprint density at radius 1 is 0.849 bits per heavy atom. The largest absolute Gasteiger partial charge is 0.490 e. The summed E-state index contributed by atoms with van der Waals surface area (Å²) in [6.07, 6.45) is 4.09. The molecule has 1 fully saturated rings. The summed E-state index contributed by atoms with van der Waals surface area (Å²) in [5, 5.41) is 31.3. The van der Waals surface area contributed by atoms with E-state index in [4.69, 9.17) is 15.0 Å². The SMILES string of the molecule is O=C(O)C(F)(F)F.O=C(O)CC(CCCc1ccc(-c2ccncc2)cc1)C(=O)NC(C(=O)Nc1ccc(S(=O)(=O)NCCO)cc1)C1CCCCC1. The molecule has 6 N–H and O–H groups in total. The lowest BCUT2D eigenvalue weighted by Gasteiger charge is -2.31. The number of rotatable bonds is 16. The number of aliphatic hydroxyl groups excluding tert-OH is 1. The second-order valence-electron chi connectivity index (χ2n) is 12.4. The Morgan fingerprint density at radius 3 is 1.98 bits per heavy atom. The molecule has 1 aliphatic carbocycles. The van der Waals surface area contributed by atoms with Crippen LogP contribution in [0, 0.1) is 11.8 Å². The average Bonchev–Trinajstić information content (AvgIpc) is 3.13. The Bertz CT molecular complexity index is 1750.